The van der Waals surface area contributed by atoms with E-state index in [-0.39, 0.29) is 0 Å². The Bertz CT molecular complexity index is 749. The molecule has 0 spiro atoms. The van der Waals surface area contributed by atoms with Gasteiger partial charge in [0.15, 0.2) is 0 Å². The molecule has 0 aliphatic carbocycles. The molecule has 0 radical (unpaired) electrons. The van der Waals surface area contributed by atoms with Crippen molar-refractivity contribution >= 4 is 28.9 Å². The SMILES string of the molecule is CC(C)(C)OC(=O)NN/C=C(\C=N)c1cnc2ccccc2n1. The van der Waals surface area contributed by atoms with Crippen molar-refractivity contribution in [2.45, 2.75) is 26.4 Å². The van der Waals surface area contributed by atoms with E-state index in [9.17, 15) is 4.79 Å². The molecule has 1 amide bonds. The van der Waals surface area contributed by atoms with Crippen molar-refractivity contribution in [2.75, 3.05) is 0 Å². The molecule has 7 heteroatoms. The number of amides is 1. The molecular weight excluding hydrogens is 294 g/mol. The van der Waals surface area contributed by atoms with Crippen LogP contribution in [0.15, 0.2) is 36.7 Å². The number of carbonyl (C=O) groups is 1. The molecule has 0 atom stereocenters. The molecule has 2 aromatic rings. The van der Waals surface area contributed by atoms with Crippen LogP contribution in [0.2, 0.25) is 0 Å². The van der Waals surface area contributed by atoms with E-state index in [0.29, 0.717) is 11.3 Å². The minimum absolute atomic E-state index is 0.472. The fourth-order valence-electron chi connectivity index (χ4n) is 1.76. The molecule has 1 aromatic carbocycles. The Labute approximate surface area is 134 Å². The van der Waals surface area contributed by atoms with E-state index in [2.05, 4.69) is 20.8 Å². The van der Waals surface area contributed by atoms with Gasteiger partial charge < -0.3 is 15.6 Å². The van der Waals surface area contributed by atoms with Gasteiger partial charge in [-0.15, -0.1) is 0 Å². The average Bonchev–Trinajstić information content (AvgIpc) is 2.49. The largest absolute Gasteiger partial charge is 0.443 e. The number of nitrogens with one attached hydrogen (secondary N) is 3. The third kappa shape index (κ3) is 4.77. The standard InChI is InChI=1S/C16H19N5O2/c1-16(2,3)23-15(22)21-19-9-11(8-17)14-10-18-12-6-4-5-7-13(12)20-14/h4-10,17,19H,1-3H3,(H,21,22)/b11-9+,17-8?. The predicted octanol–water partition coefficient (Wildman–Crippen LogP) is 2.65. The third-order valence-electron chi connectivity index (χ3n) is 2.70. The Balaban J connectivity index is 2.08. The molecule has 1 heterocycles. The lowest BCUT2D eigenvalue weighted by molar-refractivity contribution is 0.0509. The fourth-order valence-corrected chi connectivity index (χ4v) is 1.76. The topological polar surface area (TPSA) is 100.0 Å². The summed E-state index contributed by atoms with van der Waals surface area (Å²) in [6.45, 7) is 5.32. The molecule has 0 fully saturated rings. The van der Waals surface area contributed by atoms with Crippen molar-refractivity contribution in [1.29, 1.82) is 5.41 Å². The van der Waals surface area contributed by atoms with Crippen molar-refractivity contribution in [3.05, 3.63) is 42.4 Å². The second kappa shape index (κ2) is 6.87. The van der Waals surface area contributed by atoms with E-state index in [0.717, 1.165) is 17.2 Å². The first kappa shape index (κ1) is 16.4. The van der Waals surface area contributed by atoms with Crippen molar-refractivity contribution in [1.82, 2.24) is 20.8 Å². The highest BCUT2D eigenvalue weighted by Crippen LogP contribution is 2.13. The number of para-hydroxylation sites is 2. The van der Waals surface area contributed by atoms with E-state index in [1.807, 2.05) is 24.3 Å². The molecule has 120 valence electrons. The van der Waals surface area contributed by atoms with Gasteiger partial charge in [0.1, 0.15) is 5.60 Å². The first-order valence-corrected chi connectivity index (χ1v) is 7.06. The van der Waals surface area contributed by atoms with Crippen LogP contribution in [-0.4, -0.2) is 27.9 Å². The first-order chi connectivity index (χ1) is 10.9. The summed E-state index contributed by atoms with van der Waals surface area (Å²) in [5.74, 6) is 0. The fraction of sp³-hybridized carbons (Fsp3) is 0.250. The third-order valence-corrected chi connectivity index (χ3v) is 2.70. The number of ether oxygens (including phenoxy) is 1. The number of allylic oxidation sites excluding steroid dienone is 1. The van der Waals surface area contributed by atoms with Crippen LogP contribution in [0.5, 0.6) is 0 Å². The van der Waals surface area contributed by atoms with Crippen LogP contribution in [0.4, 0.5) is 4.79 Å². The van der Waals surface area contributed by atoms with Gasteiger partial charge >= 0.3 is 6.09 Å². The quantitative estimate of drug-likeness (QED) is 0.595. The average molecular weight is 313 g/mol. The summed E-state index contributed by atoms with van der Waals surface area (Å²) >= 11 is 0. The maximum atomic E-state index is 11.5. The normalized spacial score (nSPS) is 11.9. The Hall–Kier alpha value is -2.96. The van der Waals surface area contributed by atoms with Crippen molar-refractivity contribution in [3.8, 4) is 0 Å². The van der Waals surface area contributed by atoms with Crippen LogP contribution in [-0.2, 0) is 4.74 Å². The number of aromatic nitrogens is 2. The molecule has 0 bridgehead atoms. The molecule has 2 rings (SSSR count). The highest BCUT2D eigenvalue weighted by molar-refractivity contribution is 6.07. The predicted molar refractivity (Wildman–Crippen MR) is 88.8 cm³/mol. The summed E-state index contributed by atoms with van der Waals surface area (Å²) < 4.78 is 5.09. The van der Waals surface area contributed by atoms with E-state index in [4.69, 9.17) is 10.1 Å². The van der Waals surface area contributed by atoms with E-state index in [1.165, 1.54) is 6.20 Å². The lowest BCUT2D eigenvalue weighted by Gasteiger charge is -2.19. The monoisotopic (exact) mass is 313 g/mol. The minimum atomic E-state index is -0.609. The zero-order chi connectivity index (χ0) is 16.9. The van der Waals surface area contributed by atoms with Crippen LogP contribution in [0.25, 0.3) is 16.6 Å². The molecular formula is C16H19N5O2. The van der Waals surface area contributed by atoms with Crippen LogP contribution >= 0.6 is 0 Å². The second-order valence-electron chi connectivity index (χ2n) is 5.76. The summed E-state index contributed by atoms with van der Waals surface area (Å²) in [4.78, 5) is 20.3. The first-order valence-electron chi connectivity index (χ1n) is 7.06. The lowest BCUT2D eigenvalue weighted by atomic mass is 10.2. The highest BCUT2D eigenvalue weighted by Gasteiger charge is 2.15. The highest BCUT2D eigenvalue weighted by atomic mass is 16.6. The Morgan fingerprint density at radius 3 is 2.61 bits per heavy atom. The molecule has 0 saturated carbocycles. The van der Waals surface area contributed by atoms with Gasteiger partial charge in [-0.05, 0) is 32.9 Å². The number of fused-ring (bicyclic) bond motifs is 1. The van der Waals surface area contributed by atoms with Gasteiger partial charge in [0.25, 0.3) is 0 Å². The number of rotatable bonds is 4. The van der Waals surface area contributed by atoms with E-state index >= 15 is 0 Å². The van der Waals surface area contributed by atoms with Crippen molar-refractivity contribution < 1.29 is 9.53 Å². The smallest absolute Gasteiger partial charge is 0.426 e. The maximum absolute atomic E-state index is 11.5. The number of hydrogen-bond donors (Lipinski definition) is 3. The molecule has 1 aromatic heterocycles. The molecule has 0 unspecified atom stereocenters. The molecule has 0 aliphatic rings. The Morgan fingerprint density at radius 2 is 1.96 bits per heavy atom. The molecule has 0 saturated heterocycles. The van der Waals surface area contributed by atoms with Gasteiger partial charge in [0.05, 0.1) is 22.9 Å². The van der Waals surface area contributed by atoms with Gasteiger partial charge in [-0.2, -0.15) is 0 Å². The Kier molecular flexibility index (Phi) is 4.90. The van der Waals surface area contributed by atoms with Gasteiger partial charge in [0.2, 0.25) is 0 Å². The summed E-state index contributed by atoms with van der Waals surface area (Å²) in [5.41, 5.74) is 6.90. The van der Waals surface area contributed by atoms with Crippen LogP contribution < -0.4 is 10.9 Å². The molecule has 3 N–H and O–H groups in total. The zero-order valence-electron chi connectivity index (χ0n) is 13.3. The second-order valence-corrected chi connectivity index (χ2v) is 5.76. The number of benzene rings is 1. The van der Waals surface area contributed by atoms with Gasteiger partial charge in [-0.1, -0.05) is 12.1 Å². The zero-order valence-corrected chi connectivity index (χ0v) is 13.3. The number of nitrogens with zero attached hydrogens (tertiary/aromatic N) is 2. The maximum Gasteiger partial charge on any atom is 0.426 e. The van der Waals surface area contributed by atoms with Crippen molar-refractivity contribution in [3.63, 3.8) is 0 Å². The number of hydrogen-bond acceptors (Lipinski definition) is 6. The summed E-state index contributed by atoms with van der Waals surface area (Å²) in [6, 6.07) is 7.47. The molecule has 7 nitrogen and oxygen atoms in total. The molecule has 23 heavy (non-hydrogen) atoms. The van der Waals surface area contributed by atoms with Gasteiger partial charge in [0, 0.05) is 18.0 Å². The summed E-state index contributed by atoms with van der Waals surface area (Å²) in [7, 11) is 0. The van der Waals surface area contributed by atoms with Gasteiger partial charge in [-0.25, -0.2) is 15.2 Å². The van der Waals surface area contributed by atoms with Crippen LogP contribution in [0.3, 0.4) is 0 Å². The van der Waals surface area contributed by atoms with Gasteiger partial charge in [-0.3, -0.25) is 4.98 Å². The summed E-state index contributed by atoms with van der Waals surface area (Å²) in [5, 5.41) is 7.49. The minimum Gasteiger partial charge on any atom is -0.443 e. The van der Waals surface area contributed by atoms with E-state index in [1.54, 1.807) is 27.0 Å². The van der Waals surface area contributed by atoms with Crippen LogP contribution in [0, 0.1) is 5.41 Å². The van der Waals surface area contributed by atoms with Crippen LogP contribution in [0.1, 0.15) is 26.5 Å². The lowest BCUT2D eigenvalue weighted by Crippen LogP contribution is -2.38. The van der Waals surface area contributed by atoms with E-state index < -0.39 is 11.7 Å². The Morgan fingerprint density at radius 1 is 1.26 bits per heavy atom. The van der Waals surface area contributed by atoms with Crippen molar-refractivity contribution in [2.24, 2.45) is 0 Å². The number of carbonyl (C=O) groups excluding carboxylic acids is 1. The molecule has 0 aliphatic heterocycles. The number of hydrazine groups is 1. The summed E-state index contributed by atoms with van der Waals surface area (Å²) in [6.07, 6.45) is 3.55.